The highest BCUT2D eigenvalue weighted by molar-refractivity contribution is 5.53. The number of pyridine rings is 1. The first kappa shape index (κ1) is 16.8. The van der Waals surface area contributed by atoms with Crippen LogP contribution in [0, 0.1) is 6.92 Å². The van der Waals surface area contributed by atoms with Crippen LogP contribution >= 0.6 is 0 Å². The van der Waals surface area contributed by atoms with Crippen LogP contribution in [-0.2, 0) is 4.74 Å². The largest absolute Gasteiger partial charge is 0.383 e. The highest BCUT2D eigenvalue weighted by atomic mass is 16.5. The number of aryl methyl sites for hydroxylation is 1. The number of piperidine rings is 1. The summed E-state index contributed by atoms with van der Waals surface area (Å²) in [7, 11) is 1.75. The molecule has 1 fully saturated rings. The molecule has 2 aromatic rings. The van der Waals surface area contributed by atoms with Gasteiger partial charge in [0, 0.05) is 44.2 Å². The van der Waals surface area contributed by atoms with Crippen LogP contribution in [0.15, 0.2) is 30.5 Å². The van der Waals surface area contributed by atoms with Crippen molar-refractivity contribution in [2.75, 3.05) is 38.7 Å². The second-order valence-corrected chi connectivity index (χ2v) is 6.21. The topological polar surface area (TPSA) is 63.2 Å². The molecule has 6 heteroatoms. The van der Waals surface area contributed by atoms with E-state index in [-0.39, 0.29) is 0 Å². The van der Waals surface area contributed by atoms with Crippen LogP contribution in [0.25, 0.3) is 11.5 Å². The van der Waals surface area contributed by atoms with Gasteiger partial charge in [-0.05, 0) is 38.4 Å². The molecule has 1 atom stereocenters. The SMILES string of the molecule is COCCN1CCC[C@@H](Nc2cc(C)nc(-c3ccccn3)n2)C1. The van der Waals surface area contributed by atoms with E-state index in [1.165, 1.54) is 6.42 Å². The van der Waals surface area contributed by atoms with Crippen LogP contribution in [0.2, 0.25) is 0 Å². The van der Waals surface area contributed by atoms with Gasteiger partial charge in [0.1, 0.15) is 11.5 Å². The van der Waals surface area contributed by atoms with Gasteiger partial charge >= 0.3 is 0 Å². The molecule has 1 aliphatic rings. The fourth-order valence-electron chi connectivity index (χ4n) is 3.06. The lowest BCUT2D eigenvalue weighted by Gasteiger charge is -2.33. The third-order valence-corrected chi connectivity index (χ3v) is 4.22. The number of rotatable bonds is 6. The van der Waals surface area contributed by atoms with Crippen molar-refractivity contribution in [1.82, 2.24) is 19.9 Å². The van der Waals surface area contributed by atoms with Crippen molar-refractivity contribution in [1.29, 1.82) is 0 Å². The Kier molecular flexibility index (Phi) is 5.72. The van der Waals surface area contributed by atoms with Crippen LogP contribution in [0.3, 0.4) is 0 Å². The molecular formula is C18H25N5O. The van der Waals surface area contributed by atoms with Gasteiger partial charge in [0.25, 0.3) is 0 Å². The number of hydrogen-bond donors (Lipinski definition) is 1. The Morgan fingerprint density at radius 3 is 3.04 bits per heavy atom. The zero-order valence-corrected chi connectivity index (χ0v) is 14.4. The minimum Gasteiger partial charge on any atom is -0.383 e. The number of likely N-dealkylation sites (tertiary alicyclic amines) is 1. The third-order valence-electron chi connectivity index (χ3n) is 4.22. The van der Waals surface area contributed by atoms with Gasteiger partial charge in [-0.2, -0.15) is 0 Å². The monoisotopic (exact) mass is 327 g/mol. The van der Waals surface area contributed by atoms with Crippen LogP contribution in [0.4, 0.5) is 5.82 Å². The Labute approximate surface area is 143 Å². The molecule has 0 aromatic carbocycles. The van der Waals surface area contributed by atoms with Crippen LogP contribution in [0.5, 0.6) is 0 Å². The molecule has 1 saturated heterocycles. The molecule has 0 spiro atoms. The summed E-state index contributed by atoms with van der Waals surface area (Å²) in [5.74, 6) is 1.55. The number of hydrogen-bond acceptors (Lipinski definition) is 6. The summed E-state index contributed by atoms with van der Waals surface area (Å²) in [6.07, 6.45) is 4.12. The molecule has 0 aliphatic carbocycles. The maximum atomic E-state index is 5.19. The Morgan fingerprint density at radius 1 is 1.33 bits per heavy atom. The summed E-state index contributed by atoms with van der Waals surface area (Å²) in [6, 6.07) is 8.19. The van der Waals surface area contributed by atoms with Gasteiger partial charge in [-0.25, -0.2) is 9.97 Å². The number of methoxy groups -OCH3 is 1. The fraction of sp³-hybridized carbons (Fsp3) is 0.500. The Hall–Kier alpha value is -2.05. The van der Waals surface area contributed by atoms with Crippen molar-refractivity contribution in [3.63, 3.8) is 0 Å². The summed E-state index contributed by atoms with van der Waals surface area (Å²) in [6.45, 7) is 5.92. The van der Waals surface area contributed by atoms with E-state index in [0.717, 1.165) is 49.9 Å². The second kappa shape index (κ2) is 8.17. The first-order valence-electron chi connectivity index (χ1n) is 8.49. The maximum absolute atomic E-state index is 5.19. The van der Waals surface area contributed by atoms with Crippen molar-refractivity contribution in [2.24, 2.45) is 0 Å². The van der Waals surface area contributed by atoms with Gasteiger partial charge in [-0.3, -0.25) is 9.88 Å². The first-order chi connectivity index (χ1) is 11.7. The quantitative estimate of drug-likeness (QED) is 0.879. The average molecular weight is 327 g/mol. The van der Waals surface area contributed by atoms with Crippen LogP contribution in [-0.4, -0.2) is 59.2 Å². The zero-order chi connectivity index (χ0) is 16.8. The molecule has 24 heavy (non-hydrogen) atoms. The van der Waals surface area contributed by atoms with Gasteiger partial charge in [0.2, 0.25) is 0 Å². The molecular weight excluding hydrogens is 302 g/mol. The normalized spacial score (nSPS) is 18.5. The van der Waals surface area contributed by atoms with Gasteiger partial charge in [-0.15, -0.1) is 0 Å². The number of ether oxygens (including phenoxy) is 1. The number of anilines is 1. The van der Waals surface area contributed by atoms with Crippen LogP contribution in [0.1, 0.15) is 18.5 Å². The van der Waals surface area contributed by atoms with Gasteiger partial charge in [0.15, 0.2) is 5.82 Å². The summed E-state index contributed by atoms with van der Waals surface area (Å²) in [5, 5.41) is 3.58. The molecule has 0 bridgehead atoms. The number of aromatic nitrogens is 3. The molecule has 2 aromatic heterocycles. The van der Waals surface area contributed by atoms with E-state index in [4.69, 9.17) is 4.74 Å². The fourth-order valence-corrected chi connectivity index (χ4v) is 3.06. The highest BCUT2D eigenvalue weighted by Gasteiger charge is 2.20. The number of nitrogens with zero attached hydrogens (tertiary/aromatic N) is 4. The van der Waals surface area contributed by atoms with Crippen molar-refractivity contribution in [3.8, 4) is 11.5 Å². The second-order valence-electron chi connectivity index (χ2n) is 6.21. The molecule has 3 heterocycles. The molecule has 0 radical (unpaired) electrons. The summed E-state index contributed by atoms with van der Waals surface area (Å²) in [4.78, 5) is 16.0. The van der Waals surface area contributed by atoms with Crippen LogP contribution < -0.4 is 5.32 Å². The first-order valence-corrected chi connectivity index (χ1v) is 8.49. The molecule has 0 unspecified atom stereocenters. The summed E-state index contributed by atoms with van der Waals surface area (Å²) in [5.41, 5.74) is 1.75. The van der Waals surface area contributed by atoms with Gasteiger partial charge in [-0.1, -0.05) is 6.07 Å². The van der Waals surface area contributed by atoms with E-state index in [9.17, 15) is 0 Å². The Bertz CT molecular complexity index is 649. The number of nitrogens with one attached hydrogen (secondary N) is 1. The van der Waals surface area contributed by atoms with Gasteiger partial charge in [0.05, 0.1) is 6.61 Å². The molecule has 1 N–H and O–H groups in total. The Morgan fingerprint density at radius 2 is 2.25 bits per heavy atom. The molecule has 0 amide bonds. The lowest BCUT2D eigenvalue weighted by atomic mass is 10.1. The average Bonchev–Trinajstić information content (AvgIpc) is 2.60. The van der Waals surface area contributed by atoms with Crippen molar-refractivity contribution in [2.45, 2.75) is 25.8 Å². The van der Waals surface area contributed by atoms with Crippen molar-refractivity contribution in [3.05, 3.63) is 36.2 Å². The lowest BCUT2D eigenvalue weighted by Crippen LogP contribution is -2.43. The van der Waals surface area contributed by atoms with E-state index in [1.807, 2.05) is 31.2 Å². The third kappa shape index (κ3) is 4.49. The van der Waals surface area contributed by atoms with Gasteiger partial charge < -0.3 is 10.1 Å². The van der Waals surface area contributed by atoms with E-state index >= 15 is 0 Å². The summed E-state index contributed by atoms with van der Waals surface area (Å²) < 4.78 is 5.19. The molecule has 128 valence electrons. The van der Waals surface area contributed by atoms with E-state index in [2.05, 4.69) is 25.2 Å². The van der Waals surface area contributed by atoms with E-state index in [0.29, 0.717) is 11.9 Å². The predicted molar refractivity (Wildman–Crippen MR) is 95.0 cm³/mol. The van der Waals surface area contributed by atoms with E-state index in [1.54, 1.807) is 13.3 Å². The molecule has 3 rings (SSSR count). The van der Waals surface area contributed by atoms with Crippen molar-refractivity contribution < 1.29 is 4.74 Å². The summed E-state index contributed by atoms with van der Waals surface area (Å²) >= 11 is 0. The lowest BCUT2D eigenvalue weighted by molar-refractivity contribution is 0.131. The van der Waals surface area contributed by atoms with E-state index < -0.39 is 0 Å². The molecule has 0 saturated carbocycles. The standard InChI is InChI=1S/C18H25N5O/c1-14-12-17(22-18(20-14)16-7-3-4-8-19-16)21-15-6-5-9-23(13-15)10-11-24-2/h3-4,7-8,12,15H,5-6,9-11,13H2,1-2H3,(H,20,21,22)/t15-/m1/s1. The minimum atomic E-state index is 0.404. The molecule has 1 aliphatic heterocycles. The zero-order valence-electron chi connectivity index (χ0n) is 14.4. The smallest absolute Gasteiger partial charge is 0.180 e. The Balaban J connectivity index is 1.70. The maximum Gasteiger partial charge on any atom is 0.180 e. The predicted octanol–water partition coefficient (Wildman–Crippen LogP) is 2.37. The van der Waals surface area contributed by atoms with Crippen molar-refractivity contribution >= 4 is 5.82 Å². The minimum absolute atomic E-state index is 0.404. The molecule has 6 nitrogen and oxygen atoms in total. The highest BCUT2D eigenvalue weighted by Crippen LogP contribution is 2.18.